The van der Waals surface area contributed by atoms with Gasteiger partial charge in [0.1, 0.15) is 11.6 Å². The predicted octanol–water partition coefficient (Wildman–Crippen LogP) is 4.92. The highest BCUT2D eigenvalue weighted by Crippen LogP contribution is 2.30. The molecule has 0 spiro atoms. The molecule has 0 heterocycles. The Morgan fingerprint density at radius 3 is 2.27 bits per heavy atom. The van der Waals surface area contributed by atoms with Crippen LogP contribution in [0.15, 0.2) is 28.7 Å². The first-order chi connectivity index (χ1) is 11.9. The first kappa shape index (κ1) is 22.6. The molecule has 1 rings (SSSR count). The minimum atomic E-state index is -4.40. The van der Waals surface area contributed by atoms with Gasteiger partial charge in [0, 0.05) is 15.9 Å². The van der Waals surface area contributed by atoms with Crippen molar-refractivity contribution in [1.82, 2.24) is 5.32 Å². The minimum absolute atomic E-state index is 0.203. The number of alkyl carbamates (subject to hydrolysis) is 1. The summed E-state index contributed by atoms with van der Waals surface area (Å²) >= 11 is 3.01. The third kappa shape index (κ3) is 9.91. The molecule has 1 aromatic carbocycles. The van der Waals surface area contributed by atoms with E-state index in [4.69, 9.17) is 4.74 Å². The van der Waals surface area contributed by atoms with Crippen molar-refractivity contribution in [1.29, 1.82) is 0 Å². The van der Waals surface area contributed by atoms with Crippen LogP contribution in [0.5, 0.6) is 0 Å². The molecular weight excluding hydrogens is 437 g/mol. The first-order valence-corrected chi connectivity index (χ1v) is 9.40. The van der Waals surface area contributed by atoms with Gasteiger partial charge in [0.15, 0.2) is 0 Å². The Morgan fingerprint density at radius 1 is 1.19 bits per heavy atom. The van der Waals surface area contributed by atoms with Crippen LogP contribution in [-0.2, 0) is 9.53 Å². The number of amides is 2. The zero-order valence-electron chi connectivity index (χ0n) is 14.4. The fourth-order valence-electron chi connectivity index (χ4n) is 1.77. The van der Waals surface area contributed by atoms with Crippen LogP contribution in [0, 0.1) is 0 Å². The zero-order chi connectivity index (χ0) is 20.0. The van der Waals surface area contributed by atoms with E-state index in [0.29, 0.717) is 5.69 Å². The Bertz CT molecular complexity index is 619. The minimum Gasteiger partial charge on any atom is -0.444 e. The van der Waals surface area contributed by atoms with E-state index in [1.165, 1.54) is 0 Å². The van der Waals surface area contributed by atoms with Gasteiger partial charge in [0.2, 0.25) is 5.91 Å². The Labute approximate surface area is 162 Å². The summed E-state index contributed by atoms with van der Waals surface area (Å²) in [6, 6.07) is 5.48. The van der Waals surface area contributed by atoms with Gasteiger partial charge < -0.3 is 15.4 Å². The van der Waals surface area contributed by atoms with E-state index < -0.39 is 29.2 Å². The molecule has 2 amide bonds. The van der Waals surface area contributed by atoms with Crippen LogP contribution >= 0.6 is 27.7 Å². The van der Waals surface area contributed by atoms with E-state index in [1.54, 1.807) is 45.0 Å². The molecule has 0 bridgehead atoms. The molecule has 1 aromatic rings. The molecule has 26 heavy (non-hydrogen) atoms. The molecular formula is C16H20BrF3N2O3S. The second kappa shape index (κ2) is 9.50. The van der Waals surface area contributed by atoms with Gasteiger partial charge in [-0.15, -0.1) is 0 Å². The Morgan fingerprint density at radius 2 is 1.77 bits per heavy atom. The second-order valence-electron chi connectivity index (χ2n) is 6.28. The van der Waals surface area contributed by atoms with E-state index in [1.807, 2.05) is 0 Å². The molecule has 0 fully saturated rings. The highest BCUT2D eigenvalue weighted by Gasteiger charge is 2.30. The molecule has 10 heteroatoms. The first-order valence-electron chi connectivity index (χ1n) is 7.62. The van der Waals surface area contributed by atoms with Gasteiger partial charge in [-0.25, -0.2) is 4.79 Å². The van der Waals surface area contributed by atoms with Crippen LogP contribution in [0.2, 0.25) is 0 Å². The number of halogens is 4. The lowest BCUT2D eigenvalue weighted by atomic mass is 10.2. The number of thioether (sulfide) groups is 1. The zero-order valence-corrected chi connectivity index (χ0v) is 16.8. The van der Waals surface area contributed by atoms with E-state index in [0.717, 1.165) is 4.47 Å². The summed E-state index contributed by atoms with van der Waals surface area (Å²) in [4.78, 5) is 24.3. The van der Waals surface area contributed by atoms with Gasteiger partial charge in [-0.3, -0.25) is 4.79 Å². The molecule has 0 aliphatic carbocycles. The molecule has 0 aliphatic heterocycles. The van der Waals surface area contributed by atoms with Crippen molar-refractivity contribution in [2.24, 2.45) is 0 Å². The highest BCUT2D eigenvalue weighted by molar-refractivity contribution is 9.10. The van der Waals surface area contributed by atoms with Crippen molar-refractivity contribution in [2.45, 2.75) is 44.3 Å². The van der Waals surface area contributed by atoms with Gasteiger partial charge in [-0.05, 0) is 51.5 Å². The van der Waals surface area contributed by atoms with Crippen LogP contribution in [0.1, 0.15) is 27.2 Å². The maximum atomic E-state index is 12.4. The number of anilines is 1. The average Bonchev–Trinajstić information content (AvgIpc) is 2.45. The summed E-state index contributed by atoms with van der Waals surface area (Å²) in [5.74, 6) is -1.00. The third-order valence-corrected chi connectivity index (χ3v) is 4.09. The SMILES string of the molecule is CC(C)(C)OC(=O)N[C@@H](CCSC(F)(F)F)C(=O)Nc1ccc(Br)cc1. The van der Waals surface area contributed by atoms with Crippen LogP contribution in [0.3, 0.4) is 0 Å². The summed E-state index contributed by atoms with van der Waals surface area (Å²) in [6.07, 6.45) is -1.07. The van der Waals surface area contributed by atoms with Crippen molar-refractivity contribution in [3.8, 4) is 0 Å². The number of carbonyl (C=O) groups is 2. The molecule has 2 N–H and O–H groups in total. The standard InChI is InChI=1S/C16H20BrF3N2O3S/c1-15(2,3)25-14(24)22-12(8-9-26-16(18,19)20)13(23)21-11-6-4-10(17)5-7-11/h4-7,12H,8-9H2,1-3H3,(H,21,23)(H,22,24)/t12-/m0/s1. The summed E-state index contributed by atoms with van der Waals surface area (Å²) in [7, 11) is 0. The summed E-state index contributed by atoms with van der Waals surface area (Å²) < 4.78 is 42.8. The highest BCUT2D eigenvalue weighted by atomic mass is 79.9. The molecule has 0 unspecified atom stereocenters. The van der Waals surface area contributed by atoms with Gasteiger partial charge in [-0.1, -0.05) is 27.7 Å². The van der Waals surface area contributed by atoms with Crippen molar-refractivity contribution in [2.75, 3.05) is 11.1 Å². The van der Waals surface area contributed by atoms with Crippen LogP contribution in [0.25, 0.3) is 0 Å². The van der Waals surface area contributed by atoms with Crippen LogP contribution < -0.4 is 10.6 Å². The molecule has 0 aliphatic rings. The van der Waals surface area contributed by atoms with Crippen molar-refractivity contribution in [3.63, 3.8) is 0 Å². The van der Waals surface area contributed by atoms with E-state index in [-0.39, 0.29) is 23.9 Å². The van der Waals surface area contributed by atoms with E-state index in [2.05, 4.69) is 26.6 Å². The third-order valence-electron chi connectivity index (χ3n) is 2.79. The smallest absolute Gasteiger partial charge is 0.441 e. The second-order valence-corrected chi connectivity index (χ2v) is 8.35. The van der Waals surface area contributed by atoms with E-state index >= 15 is 0 Å². The lowest BCUT2D eigenvalue weighted by molar-refractivity contribution is -0.118. The molecule has 0 aromatic heterocycles. The number of rotatable bonds is 6. The van der Waals surface area contributed by atoms with Gasteiger partial charge in [0.25, 0.3) is 0 Å². The summed E-state index contributed by atoms with van der Waals surface area (Å²) in [5.41, 5.74) is -4.74. The summed E-state index contributed by atoms with van der Waals surface area (Å²) in [6.45, 7) is 4.93. The molecule has 0 radical (unpaired) electrons. The Kier molecular flexibility index (Phi) is 8.26. The number of benzene rings is 1. The van der Waals surface area contributed by atoms with Gasteiger partial charge >= 0.3 is 11.6 Å². The van der Waals surface area contributed by atoms with Gasteiger partial charge in [0.05, 0.1) is 0 Å². The quantitative estimate of drug-likeness (QED) is 0.636. The molecule has 146 valence electrons. The monoisotopic (exact) mass is 456 g/mol. The number of ether oxygens (including phenoxy) is 1. The number of hydrogen-bond donors (Lipinski definition) is 2. The molecule has 0 saturated carbocycles. The van der Waals surface area contributed by atoms with Gasteiger partial charge in [-0.2, -0.15) is 13.2 Å². The number of nitrogens with one attached hydrogen (secondary N) is 2. The molecule has 0 saturated heterocycles. The topological polar surface area (TPSA) is 67.4 Å². The fraction of sp³-hybridized carbons (Fsp3) is 0.500. The Hall–Kier alpha value is -1.42. The van der Waals surface area contributed by atoms with Crippen LogP contribution in [-0.4, -0.2) is 34.9 Å². The Balaban J connectivity index is 2.75. The van der Waals surface area contributed by atoms with Crippen LogP contribution in [0.4, 0.5) is 23.7 Å². The van der Waals surface area contributed by atoms with E-state index in [9.17, 15) is 22.8 Å². The molecule has 1 atom stereocenters. The maximum absolute atomic E-state index is 12.4. The predicted molar refractivity (Wildman–Crippen MR) is 99.1 cm³/mol. The van der Waals surface area contributed by atoms with Crippen molar-refractivity contribution in [3.05, 3.63) is 28.7 Å². The van der Waals surface area contributed by atoms with Crippen molar-refractivity contribution >= 4 is 45.4 Å². The maximum Gasteiger partial charge on any atom is 0.441 e. The number of hydrogen-bond acceptors (Lipinski definition) is 4. The molecule has 5 nitrogen and oxygen atoms in total. The number of carbonyl (C=O) groups excluding carboxylic acids is 2. The average molecular weight is 457 g/mol. The van der Waals surface area contributed by atoms with Crippen molar-refractivity contribution < 1.29 is 27.5 Å². The number of alkyl halides is 3. The summed E-state index contributed by atoms with van der Waals surface area (Å²) in [5, 5.41) is 4.89. The largest absolute Gasteiger partial charge is 0.444 e. The normalized spacial score (nSPS) is 13.0. The lowest BCUT2D eigenvalue weighted by Gasteiger charge is -2.23. The fourth-order valence-corrected chi connectivity index (χ4v) is 2.62. The lowest BCUT2D eigenvalue weighted by Crippen LogP contribution is -2.46.